The summed E-state index contributed by atoms with van der Waals surface area (Å²) in [7, 11) is 0. The van der Waals surface area contributed by atoms with Gasteiger partial charge in [0.15, 0.2) is 0 Å². The number of thiophene rings is 1. The van der Waals surface area contributed by atoms with E-state index in [0.717, 1.165) is 24.8 Å². The molecule has 0 aliphatic heterocycles. The smallest absolute Gasteiger partial charge is 0.256 e. The third kappa shape index (κ3) is 3.37. The maximum atomic E-state index is 12.4. The first-order valence-corrected chi connectivity index (χ1v) is 8.87. The van der Waals surface area contributed by atoms with Crippen molar-refractivity contribution in [2.75, 3.05) is 5.32 Å². The number of nitrogens with zero attached hydrogens (tertiary/aromatic N) is 1. The van der Waals surface area contributed by atoms with Crippen LogP contribution in [0.4, 0.5) is 5.00 Å². The molecule has 0 unspecified atom stereocenters. The summed E-state index contributed by atoms with van der Waals surface area (Å²) in [6.45, 7) is 2.19. The highest BCUT2D eigenvalue weighted by Gasteiger charge is 2.25. The van der Waals surface area contributed by atoms with Crippen LogP contribution < -0.4 is 5.32 Å². The maximum Gasteiger partial charge on any atom is 0.256 e. The van der Waals surface area contributed by atoms with Crippen LogP contribution in [0.5, 0.6) is 0 Å². The Labute approximate surface area is 148 Å². The topological polar surface area (TPSA) is 52.9 Å². The van der Waals surface area contributed by atoms with Crippen LogP contribution in [0.3, 0.4) is 0 Å². The average molecular weight is 365 g/mol. The number of halogens is 2. The first kappa shape index (κ1) is 16.3. The number of hydrogen-bond acceptors (Lipinski definition) is 3. The Hall–Kier alpha value is -1.54. The van der Waals surface area contributed by atoms with Gasteiger partial charge in [-0.25, -0.2) is 0 Å². The molecule has 0 saturated carbocycles. The van der Waals surface area contributed by atoms with Gasteiger partial charge in [-0.15, -0.1) is 11.3 Å². The van der Waals surface area contributed by atoms with Crippen molar-refractivity contribution in [1.82, 2.24) is 0 Å². The van der Waals surface area contributed by atoms with E-state index in [0.29, 0.717) is 32.1 Å². The predicted molar refractivity (Wildman–Crippen MR) is 94.6 cm³/mol. The second-order valence-corrected chi connectivity index (χ2v) is 7.76. The van der Waals surface area contributed by atoms with Gasteiger partial charge < -0.3 is 5.32 Å². The summed E-state index contributed by atoms with van der Waals surface area (Å²) in [6, 6.07) is 6.94. The highest BCUT2D eigenvalue weighted by atomic mass is 35.5. The fourth-order valence-electron chi connectivity index (χ4n) is 2.82. The molecule has 6 heteroatoms. The van der Waals surface area contributed by atoms with Gasteiger partial charge in [-0.1, -0.05) is 30.1 Å². The molecule has 1 aliphatic rings. The van der Waals surface area contributed by atoms with Gasteiger partial charge in [0, 0.05) is 20.5 Å². The van der Waals surface area contributed by atoms with Crippen molar-refractivity contribution in [2.24, 2.45) is 5.92 Å². The first-order chi connectivity index (χ1) is 11.0. The molecule has 1 amide bonds. The molecule has 0 radical (unpaired) electrons. The number of nitrogens with one attached hydrogen (secondary N) is 1. The number of anilines is 1. The number of carbonyl (C=O) groups excluding carboxylic acids is 1. The van der Waals surface area contributed by atoms with Crippen LogP contribution in [0.25, 0.3) is 0 Å². The zero-order valence-corrected chi connectivity index (χ0v) is 14.8. The van der Waals surface area contributed by atoms with E-state index in [1.54, 1.807) is 18.2 Å². The zero-order chi connectivity index (χ0) is 16.6. The van der Waals surface area contributed by atoms with Gasteiger partial charge in [0.2, 0.25) is 0 Å². The summed E-state index contributed by atoms with van der Waals surface area (Å²) in [4.78, 5) is 13.6. The number of nitriles is 1. The normalized spacial score (nSPS) is 16.5. The molecular weight excluding hydrogens is 351 g/mol. The Morgan fingerprint density at radius 2 is 2.04 bits per heavy atom. The molecule has 118 valence electrons. The van der Waals surface area contributed by atoms with Gasteiger partial charge in [-0.05, 0) is 48.9 Å². The van der Waals surface area contributed by atoms with Crippen LogP contribution >= 0.6 is 34.5 Å². The monoisotopic (exact) mass is 364 g/mol. The van der Waals surface area contributed by atoms with Crippen molar-refractivity contribution >= 4 is 45.4 Å². The number of hydrogen-bond donors (Lipinski definition) is 1. The van der Waals surface area contributed by atoms with E-state index in [1.165, 1.54) is 16.2 Å². The molecule has 3 rings (SSSR count). The van der Waals surface area contributed by atoms with E-state index in [1.807, 2.05) is 0 Å². The highest BCUT2D eigenvalue weighted by molar-refractivity contribution is 7.16. The average Bonchev–Trinajstić information content (AvgIpc) is 2.82. The van der Waals surface area contributed by atoms with Gasteiger partial charge in [0.25, 0.3) is 5.91 Å². The highest BCUT2D eigenvalue weighted by Crippen LogP contribution is 2.39. The minimum atomic E-state index is -0.308. The summed E-state index contributed by atoms with van der Waals surface area (Å²) in [5.41, 5.74) is 2.07. The van der Waals surface area contributed by atoms with Crippen molar-refractivity contribution in [3.05, 3.63) is 49.8 Å². The van der Waals surface area contributed by atoms with Crippen molar-refractivity contribution in [1.29, 1.82) is 5.26 Å². The summed E-state index contributed by atoms with van der Waals surface area (Å²) in [5, 5.41) is 13.8. The van der Waals surface area contributed by atoms with Crippen LogP contribution in [-0.2, 0) is 12.8 Å². The lowest BCUT2D eigenvalue weighted by Gasteiger charge is -2.17. The summed E-state index contributed by atoms with van der Waals surface area (Å²) >= 11 is 13.4. The molecule has 1 aliphatic carbocycles. The molecule has 1 atom stereocenters. The van der Waals surface area contributed by atoms with Crippen LogP contribution in [0.15, 0.2) is 18.2 Å². The molecule has 1 N–H and O–H groups in total. The van der Waals surface area contributed by atoms with Gasteiger partial charge in [0.1, 0.15) is 11.1 Å². The van der Waals surface area contributed by atoms with Crippen LogP contribution in [0, 0.1) is 17.2 Å². The predicted octanol–water partition coefficient (Wildman–Crippen LogP) is 5.30. The minimum absolute atomic E-state index is 0.308. The molecule has 1 heterocycles. The third-order valence-electron chi connectivity index (χ3n) is 3.97. The molecule has 3 nitrogen and oxygen atoms in total. The van der Waals surface area contributed by atoms with Gasteiger partial charge in [-0.2, -0.15) is 5.26 Å². The molecule has 23 heavy (non-hydrogen) atoms. The van der Waals surface area contributed by atoms with Crippen LogP contribution in [0.2, 0.25) is 10.0 Å². The van der Waals surface area contributed by atoms with E-state index >= 15 is 0 Å². The molecule has 0 fully saturated rings. The second kappa shape index (κ2) is 6.52. The fraction of sp³-hybridized carbons (Fsp3) is 0.294. The van der Waals surface area contributed by atoms with Gasteiger partial charge in [0.05, 0.1) is 5.56 Å². The van der Waals surface area contributed by atoms with Gasteiger partial charge >= 0.3 is 0 Å². The van der Waals surface area contributed by atoms with Crippen LogP contribution in [-0.4, -0.2) is 5.91 Å². The quantitative estimate of drug-likeness (QED) is 0.785. The van der Waals surface area contributed by atoms with Crippen molar-refractivity contribution in [3.63, 3.8) is 0 Å². The Balaban J connectivity index is 1.91. The largest absolute Gasteiger partial charge is 0.312 e. The third-order valence-corrected chi connectivity index (χ3v) is 5.61. The van der Waals surface area contributed by atoms with E-state index in [4.69, 9.17) is 23.2 Å². The molecule has 0 bridgehead atoms. The summed E-state index contributed by atoms with van der Waals surface area (Å²) in [5.74, 6) is 0.261. The molecule has 1 aromatic carbocycles. The van der Waals surface area contributed by atoms with Crippen molar-refractivity contribution in [3.8, 4) is 6.07 Å². The molecule has 2 aromatic rings. The van der Waals surface area contributed by atoms with Gasteiger partial charge in [-0.3, -0.25) is 4.79 Å². The SMILES string of the molecule is C[C@H]1CCc2sc(NC(=O)c3cc(Cl)cc(Cl)c3)c(C#N)c2C1. The summed E-state index contributed by atoms with van der Waals surface area (Å²) < 4.78 is 0. The lowest BCUT2D eigenvalue weighted by Crippen LogP contribution is -2.12. The Kier molecular flexibility index (Phi) is 4.63. The maximum absolute atomic E-state index is 12.4. The zero-order valence-electron chi connectivity index (χ0n) is 12.5. The number of carbonyl (C=O) groups is 1. The fourth-order valence-corrected chi connectivity index (χ4v) is 4.54. The Morgan fingerprint density at radius 3 is 2.70 bits per heavy atom. The lowest BCUT2D eigenvalue weighted by atomic mass is 9.88. The number of fused-ring (bicyclic) bond motifs is 1. The molecule has 0 spiro atoms. The van der Waals surface area contributed by atoms with E-state index in [2.05, 4.69) is 18.3 Å². The standard InChI is InChI=1S/C17H14Cl2N2OS/c1-9-2-3-15-13(4-9)14(8-20)17(23-15)21-16(22)10-5-11(18)7-12(19)6-10/h5-7,9H,2-4H2,1H3,(H,21,22)/t9-/m0/s1. The Bertz CT molecular complexity index is 802. The van der Waals surface area contributed by atoms with Crippen molar-refractivity contribution in [2.45, 2.75) is 26.2 Å². The van der Waals surface area contributed by atoms with E-state index in [9.17, 15) is 10.1 Å². The summed E-state index contributed by atoms with van der Waals surface area (Å²) in [6.07, 6.45) is 2.98. The minimum Gasteiger partial charge on any atom is -0.312 e. The molecule has 0 saturated heterocycles. The first-order valence-electron chi connectivity index (χ1n) is 7.30. The Morgan fingerprint density at radius 1 is 1.35 bits per heavy atom. The second-order valence-electron chi connectivity index (χ2n) is 5.78. The number of rotatable bonds is 2. The lowest BCUT2D eigenvalue weighted by molar-refractivity contribution is 0.102. The molecule has 1 aromatic heterocycles. The van der Waals surface area contributed by atoms with Crippen molar-refractivity contribution < 1.29 is 4.79 Å². The molecular formula is C17H14Cl2N2OS. The number of amides is 1. The van der Waals surface area contributed by atoms with E-state index < -0.39 is 0 Å². The van der Waals surface area contributed by atoms with Crippen LogP contribution in [0.1, 0.15) is 39.7 Å². The number of benzene rings is 1. The van der Waals surface area contributed by atoms with E-state index in [-0.39, 0.29) is 5.91 Å². The number of aryl methyl sites for hydroxylation is 1.